The summed E-state index contributed by atoms with van der Waals surface area (Å²) < 4.78 is 141. The summed E-state index contributed by atoms with van der Waals surface area (Å²) in [4.78, 5) is 59.1. The third kappa shape index (κ3) is 11.6. The lowest BCUT2D eigenvalue weighted by Crippen LogP contribution is -2.40. The van der Waals surface area contributed by atoms with Crippen LogP contribution in [0.2, 0.25) is 0 Å². The highest BCUT2D eigenvalue weighted by molar-refractivity contribution is 7.89. The van der Waals surface area contributed by atoms with E-state index in [1.807, 2.05) is 0 Å². The van der Waals surface area contributed by atoms with E-state index in [-0.39, 0.29) is 68.0 Å². The van der Waals surface area contributed by atoms with Crippen LogP contribution >= 0.6 is 0 Å². The number of hydrogen-bond acceptors (Lipinski definition) is 11. The molecule has 0 spiro atoms. The maximum Gasteiger partial charge on any atom is 0.416 e. The fourth-order valence-corrected chi connectivity index (χ4v) is 10.8. The molecule has 0 unspecified atom stereocenters. The quantitative estimate of drug-likeness (QED) is 0.0814. The molecule has 426 valence electrons. The molecule has 0 bridgehead atoms. The first-order chi connectivity index (χ1) is 39.0. The molecule has 0 saturated heterocycles. The Kier molecular flexibility index (Phi) is 16.2. The molecule has 83 heavy (non-hydrogen) atoms. The molecule has 0 aliphatic rings. The Morgan fingerprint density at radius 3 is 1.36 bits per heavy atom. The largest absolute Gasteiger partial charge is 0.416 e. The number of aromatic nitrogens is 8. The maximum atomic E-state index is 14.0. The molecule has 0 radical (unpaired) electrons. The van der Waals surface area contributed by atoms with Crippen molar-refractivity contribution >= 4 is 31.4 Å². The first-order valence-electron chi connectivity index (χ1n) is 23.9. The van der Waals surface area contributed by atoms with Gasteiger partial charge in [0.05, 0.1) is 83.2 Å². The minimum Gasteiger partial charge on any atom is -0.394 e. The molecule has 5 aromatic carbocycles. The Hall–Kier alpha value is -9.78. The number of benzene rings is 5. The minimum absolute atomic E-state index is 0.142. The van der Waals surface area contributed by atoms with Crippen molar-refractivity contribution in [2.45, 2.75) is 42.0 Å². The molecule has 9 aromatic rings. The van der Waals surface area contributed by atoms with Gasteiger partial charge in [-0.1, -0.05) is 66.7 Å². The Morgan fingerprint density at radius 1 is 0.590 bits per heavy atom. The van der Waals surface area contributed by atoms with Gasteiger partial charge < -0.3 is 5.11 Å². The monoisotopic (exact) mass is 1180 g/mol. The number of sulfonamides is 2. The topological polar surface area (TPSA) is 259 Å². The average Bonchev–Trinajstić information content (AvgIpc) is 4.04. The van der Waals surface area contributed by atoms with Crippen LogP contribution in [0.25, 0.3) is 55.0 Å². The zero-order valence-electron chi connectivity index (χ0n) is 43.4. The van der Waals surface area contributed by atoms with Gasteiger partial charge in [-0.3, -0.25) is 27.9 Å². The number of alkyl halides is 6. The fraction of sp³-hybridized carbons (Fsp3) is 0.148. The first kappa shape index (κ1) is 59.3. The van der Waals surface area contributed by atoms with Gasteiger partial charge in [-0.2, -0.15) is 36.5 Å². The van der Waals surface area contributed by atoms with E-state index in [1.165, 1.54) is 74.5 Å². The second kappa shape index (κ2) is 22.6. The van der Waals surface area contributed by atoms with Crippen LogP contribution in [0.1, 0.15) is 34.1 Å². The number of nitrogens with one attached hydrogen (secondary N) is 1. The Morgan fingerprint density at radius 2 is 0.988 bits per heavy atom. The average molecular weight is 1180 g/mol. The predicted molar refractivity (Wildman–Crippen MR) is 290 cm³/mol. The molecule has 0 saturated carbocycles. The predicted octanol–water partition coefficient (Wildman–Crippen LogP) is 7.19. The first-order valence-corrected chi connectivity index (χ1v) is 26.9. The van der Waals surface area contributed by atoms with E-state index in [9.17, 15) is 67.5 Å². The van der Waals surface area contributed by atoms with Crippen LogP contribution in [0.3, 0.4) is 0 Å². The number of hydrogen-bond donors (Lipinski definition) is 3. The molecule has 0 aliphatic heterocycles. The zero-order chi connectivity index (χ0) is 60.7. The number of nitrogens with zero attached hydrogens (tertiary/aromatic N) is 10. The van der Waals surface area contributed by atoms with E-state index < -0.39 is 88.5 Å². The lowest BCUT2D eigenvalue weighted by atomic mass is 10.1. The number of primary sulfonamides is 1. The lowest BCUT2D eigenvalue weighted by Gasteiger charge is -2.20. The summed E-state index contributed by atoms with van der Waals surface area (Å²) in [5.74, 6) is 0. The standard InChI is InChI=1S/C31H25F3N6O5S.C23H17F3N6O4S/c1-19-27(29(42)38(3)30(43)39(19)24-11-7-10-21(16-24)31(32,33)34)28-26(17-36-40(28)23-14-12-22(35-2)13-15-23)46(44,45)37-25(18-41)20-8-5-4-6-9-20;1-13-19(20-18(37(27,35)36)12-29-32(20)16-9-7-15(28-2)8-10-16)21(33)30(3)22(34)31(13)17-6-4-5-14(11-17)23(24,25)26/h4-17,25,37,41H,18H2,1,3H3;4-12H,1,3H3,(H2,27,35,36)/t25-;/m1./s1. The highest BCUT2D eigenvalue weighted by Crippen LogP contribution is 2.36. The van der Waals surface area contributed by atoms with Crippen LogP contribution in [0.5, 0.6) is 0 Å². The van der Waals surface area contributed by atoms with Gasteiger partial charge in [0, 0.05) is 25.5 Å². The minimum atomic E-state index is -4.73. The van der Waals surface area contributed by atoms with Crippen molar-refractivity contribution in [3.8, 4) is 45.3 Å². The summed E-state index contributed by atoms with van der Waals surface area (Å²) in [5.41, 5.74) is -6.32. The Balaban J connectivity index is 0.000000222. The molecule has 29 heteroatoms. The van der Waals surface area contributed by atoms with Gasteiger partial charge >= 0.3 is 23.7 Å². The van der Waals surface area contributed by atoms with Crippen molar-refractivity contribution in [3.63, 3.8) is 0 Å². The number of halogens is 6. The molecule has 9 rings (SSSR count). The summed E-state index contributed by atoms with van der Waals surface area (Å²) in [6.07, 6.45) is -7.53. The van der Waals surface area contributed by atoms with Gasteiger partial charge in [0.25, 0.3) is 11.1 Å². The lowest BCUT2D eigenvalue weighted by molar-refractivity contribution is -0.138. The van der Waals surface area contributed by atoms with E-state index in [1.54, 1.807) is 30.3 Å². The smallest absolute Gasteiger partial charge is 0.394 e. The third-order valence-corrected chi connectivity index (χ3v) is 15.3. The van der Waals surface area contributed by atoms with Crippen molar-refractivity contribution in [1.82, 2.24) is 42.6 Å². The van der Waals surface area contributed by atoms with Gasteiger partial charge in [0.1, 0.15) is 21.2 Å². The summed E-state index contributed by atoms with van der Waals surface area (Å²) >= 11 is 0. The molecular formula is C54H42F6N12O9S2. The van der Waals surface area contributed by atoms with Crippen LogP contribution in [-0.2, 0) is 46.5 Å². The highest BCUT2D eigenvalue weighted by atomic mass is 32.2. The SMILES string of the molecule is [C-]#[N+]c1ccc(-n2ncc(S(=O)(=O)N[C@H](CO)c3ccccc3)c2-c2c(C)n(-c3cccc(C(F)(F)F)c3)c(=O)n(C)c2=O)cc1.[C-]#[N+]c1ccc(-n2ncc(S(N)(=O)=O)c2-c2c(C)n(-c3cccc(C(F)(F)F)c3)c(=O)n(C)c2=O)cc1. The van der Waals surface area contributed by atoms with E-state index >= 15 is 0 Å². The van der Waals surface area contributed by atoms with Crippen molar-refractivity contribution in [2.24, 2.45) is 19.2 Å². The normalized spacial score (nSPS) is 12.3. The van der Waals surface area contributed by atoms with Gasteiger partial charge in [0.2, 0.25) is 20.0 Å². The van der Waals surface area contributed by atoms with E-state index in [4.69, 9.17) is 18.3 Å². The molecular weight excluding hydrogens is 1140 g/mol. The molecule has 0 aliphatic carbocycles. The van der Waals surface area contributed by atoms with Crippen molar-refractivity contribution in [3.05, 3.63) is 232 Å². The summed E-state index contributed by atoms with van der Waals surface area (Å²) in [6.45, 7) is 16.3. The molecule has 0 amide bonds. The summed E-state index contributed by atoms with van der Waals surface area (Å²) in [6, 6.07) is 26.7. The van der Waals surface area contributed by atoms with Crippen LogP contribution in [0.15, 0.2) is 169 Å². The molecule has 21 nitrogen and oxygen atoms in total. The van der Waals surface area contributed by atoms with Gasteiger partial charge in [0.15, 0.2) is 11.4 Å². The maximum absolute atomic E-state index is 14.0. The number of nitrogens with two attached hydrogens (primary N) is 1. The molecule has 0 fully saturated rings. The van der Waals surface area contributed by atoms with Gasteiger partial charge in [-0.15, -0.1) is 0 Å². The number of aliphatic hydroxyl groups excluding tert-OH is 1. The fourth-order valence-electron chi connectivity index (χ4n) is 8.83. The Bertz CT molecular complexity index is 4600. The van der Waals surface area contributed by atoms with E-state index in [2.05, 4.69) is 24.6 Å². The molecule has 4 N–H and O–H groups in total. The van der Waals surface area contributed by atoms with Crippen molar-refractivity contribution in [1.29, 1.82) is 0 Å². The van der Waals surface area contributed by atoms with Crippen LogP contribution in [0.4, 0.5) is 37.7 Å². The Labute approximate surface area is 466 Å². The summed E-state index contributed by atoms with van der Waals surface area (Å²) in [5, 5.41) is 23.8. The second-order valence-corrected chi connectivity index (χ2v) is 21.3. The molecule has 4 aromatic heterocycles. The zero-order valence-corrected chi connectivity index (χ0v) is 45.0. The van der Waals surface area contributed by atoms with Gasteiger partial charge in [-0.25, -0.2) is 55.3 Å². The van der Waals surface area contributed by atoms with Crippen LogP contribution < -0.4 is 32.4 Å². The van der Waals surface area contributed by atoms with Crippen molar-refractivity contribution < 1.29 is 48.3 Å². The molecule has 4 heterocycles. The summed E-state index contributed by atoms with van der Waals surface area (Å²) in [7, 11) is -6.81. The number of rotatable bonds is 12. The van der Waals surface area contributed by atoms with E-state index in [0.29, 0.717) is 14.7 Å². The van der Waals surface area contributed by atoms with Crippen LogP contribution in [0, 0.1) is 27.0 Å². The number of aliphatic hydroxyl groups is 1. The van der Waals surface area contributed by atoms with Crippen LogP contribution in [-0.4, -0.2) is 66.4 Å². The molecule has 1 atom stereocenters. The van der Waals surface area contributed by atoms with Crippen molar-refractivity contribution in [2.75, 3.05) is 6.61 Å². The highest BCUT2D eigenvalue weighted by Gasteiger charge is 2.35. The van der Waals surface area contributed by atoms with Gasteiger partial charge in [-0.05, 0) is 80.1 Å². The second-order valence-electron chi connectivity index (χ2n) is 18.1. The van der Waals surface area contributed by atoms with E-state index in [0.717, 1.165) is 81.4 Å². The third-order valence-electron chi connectivity index (χ3n) is 12.9.